The number of carbonyl (C=O) groups excluding carboxylic acids is 4. The molecule has 2 aromatic carbocycles. The molecule has 0 spiro atoms. The molecule has 3 fully saturated rings. The minimum Gasteiger partial charge on any atom is -0.495 e. The standard InChI is InChI=1S/C47H62F3N9O11/c1-57-39-29-52-46(56-42(39)59(34-5-3-4-6-34)30-47(49,50)45(57)63)54-38-28-37(48)36(27-40(38)64-2)44(62)53-33-13-16-58(17-14-33)18-20-66-22-24-68-70-26-25-69-67-23-21-65-19-15-51-32-9-7-31(8-10-32)35-11-12-41(60)55-43(35)61/h7-10,27-29,33-35,51H,3-6,11-26,30H2,1-2H3,(H,53,62)(H,52,54,56)(H,55,60,61). The van der Waals surface area contributed by atoms with Gasteiger partial charge in [0.15, 0.2) is 5.82 Å². The average Bonchev–Trinajstić information content (AvgIpc) is 3.88. The normalized spacial score (nSPS) is 18.9. The number of anilines is 5. The second kappa shape index (κ2) is 25.4. The third kappa shape index (κ3) is 14.2. The summed E-state index contributed by atoms with van der Waals surface area (Å²) in [4.78, 5) is 83.1. The number of benzene rings is 2. The molecule has 4 heterocycles. The third-order valence-corrected chi connectivity index (χ3v) is 12.6. The van der Waals surface area contributed by atoms with Crippen molar-refractivity contribution in [2.45, 2.75) is 75.3 Å². The number of amides is 4. The van der Waals surface area contributed by atoms with Gasteiger partial charge in [0.2, 0.25) is 17.8 Å². The minimum atomic E-state index is -3.63. The molecular weight excluding hydrogens is 924 g/mol. The molecule has 0 radical (unpaired) electrons. The van der Waals surface area contributed by atoms with E-state index in [0.29, 0.717) is 91.1 Å². The smallest absolute Gasteiger partial charge is 0.342 e. The molecule has 70 heavy (non-hydrogen) atoms. The number of hydrogen-bond acceptors (Lipinski definition) is 17. The molecule has 7 rings (SSSR count). The van der Waals surface area contributed by atoms with Crippen molar-refractivity contribution < 1.29 is 66.1 Å². The fourth-order valence-electron chi connectivity index (χ4n) is 8.78. The second-order valence-corrected chi connectivity index (χ2v) is 17.3. The molecule has 20 nitrogen and oxygen atoms in total. The van der Waals surface area contributed by atoms with Gasteiger partial charge >= 0.3 is 5.92 Å². The average molecular weight is 986 g/mol. The van der Waals surface area contributed by atoms with E-state index in [4.69, 9.17) is 33.8 Å². The predicted molar refractivity (Wildman–Crippen MR) is 249 cm³/mol. The zero-order valence-electron chi connectivity index (χ0n) is 39.5. The Morgan fingerprint density at radius 2 is 1.54 bits per heavy atom. The lowest BCUT2D eigenvalue weighted by Gasteiger charge is -2.32. The molecule has 3 aliphatic heterocycles. The van der Waals surface area contributed by atoms with Crippen molar-refractivity contribution in [3.63, 3.8) is 0 Å². The Morgan fingerprint density at radius 1 is 0.871 bits per heavy atom. The molecule has 1 unspecified atom stereocenters. The van der Waals surface area contributed by atoms with Gasteiger partial charge in [0.1, 0.15) is 43.7 Å². The molecule has 0 bridgehead atoms. The first-order valence-corrected chi connectivity index (χ1v) is 23.7. The molecule has 1 atom stereocenters. The van der Waals surface area contributed by atoms with Crippen molar-refractivity contribution >= 4 is 52.5 Å². The minimum absolute atomic E-state index is 0.0239. The summed E-state index contributed by atoms with van der Waals surface area (Å²) in [6, 6.07) is 9.56. The first-order chi connectivity index (χ1) is 33.9. The topological polar surface area (TPSA) is 217 Å². The van der Waals surface area contributed by atoms with Gasteiger partial charge in [-0.1, -0.05) is 25.0 Å². The summed E-state index contributed by atoms with van der Waals surface area (Å²) in [5.74, 6) is -6.88. The quantitative estimate of drug-likeness (QED) is 0.0398. The number of aromatic nitrogens is 2. The fraction of sp³-hybridized carbons (Fsp3) is 0.574. The van der Waals surface area contributed by atoms with Gasteiger partial charge in [-0.2, -0.15) is 13.8 Å². The lowest BCUT2D eigenvalue weighted by atomic mass is 9.90. The third-order valence-electron chi connectivity index (χ3n) is 12.6. The molecule has 1 aliphatic carbocycles. The van der Waals surface area contributed by atoms with Crippen LogP contribution in [0.25, 0.3) is 0 Å². The summed E-state index contributed by atoms with van der Waals surface area (Å²) < 4.78 is 62.4. The van der Waals surface area contributed by atoms with E-state index in [1.165, 1.54) is 31.3 Å². The molecule has 3 aromatic rings. The van der Waals surface area contributed by atoms with Gasteiger partial charge in [-0.15, -0.1) is 0 Å². The first-order valence-electron chi connectivity index (χ1n) is 23.7. The maximum atomic E-state index is 15.6. The van der Waals surface area contributed by atoms with Crippen molar-refractivity contribution in [3.05, 3.63) is 59.5 Å². The van der Waals surface area contributed by atoms with Gasteiger partial charge in [-0.05, 0) is 55.9 Å². The van der Waals surface area contributed by atoms with Crippen molar-refractivity contribution in [1.82, 2.24) is 25.5 Å². The summed E-state index contributed by atoms with van der Waals surface area (Å²) in [6.45, 7) is 4.24. The lowest BCUT2D eigenvalue weighted by molar-refractivity contribution is -0.344. The van der Waals surface area contributed by atoms with E-state index >= 15 is 13.2 Å². The summed E-state index contributed by atoms with van der Waals surface area (Å²) in [5, 5.41) is 11.5. The van der Waals surface area contributed by atoms with Gasteiger partial charge < -0.3 is 44.9 Å². The zero-order valence-corrected chi connectivity index (χ0v) is 39.5. The number of nitrogens with one attached hydrogen (secondary N) is 4. The number of nitrogens with zero attached hydrogens (tertiary/aromatic N) is 5. The van der Waals surface area contributed by atoms with Crippen molar-refractivity contribution in [1.29, 1.82) is 0 Å². The number of methoxy groups -OCH3 is 1. The van der Waals surface area contributed by atoms with Crippen LogP contribution in [0.15, 0.2) is 42.6 Å². The van der Waals surface area contributed by atoms with Crippen LogP contribution in [0.2, 0.25) is 0 Å². The van der Waals surface area contributed by atoms with Crippen LogP contribution in [0.5, 0.6) is 5.75 Å². The Bertz CT molecular complexity index is 2230. The number of alkyl halides is 2. The van der Waals surface area contributed by atoms with E-state index in [-0.39, 0.29) is 90.7 Å². The molecule has 1 aromatic heterocycles. The van der Waals surface area contributed by atoms with Crippen molar-refractivity contribution in [2.75, 3.05) is 120 Å². The van der Waals surface area contributed by atoms with Crippen LogP contribution in [0.4, 0.5) is 42.0 Å². The molecule has 382 valence electrons. The number of halogens is 3. The van der Waals surface area contributed by atoms with E-state index in [9.17, 15) is 19.2 Å². The van der Waals surface area contributed by atoms with Gasteiger partial charge in [0.25, 0.3) is 11.8 Å². The van der Waals surface area contributed by atoms with Crippen LogP contribution in [-0.4, -0.2) is 156 Å². The summed E-state index contributed by atoms with van der Waals surface area (Å²) in [5.41, 5.74) is 1.83. The van der Waals surface area contributed by atoms with Crippen LogP contribution in [0.3, 0.4) is 0 Å². The van der Waals surface area contributed by atoms with Crippen LogP contribution in [0, 0.1) is 5.82 Å². The number of imide groups is 1. The van der Waals surface area contributed by atoms with Crippen molar-refractivity contribution in [3.8, 4) is 5.75 Å². The summed E-state index contributed by atoms with van der Waals surface area (Å²) in [7, 11) is 2.64. The van der Waals surface area contributed by atoms with E-state index in [1.54, 1.807) is 0 Å². The first kappa shape index (κ1) is 52.1. The molecule has 23 heteroatoms. The Balaban J connectivity index is 0.710. The molecule has 1 saturated carbocycles. The number of ether oxygens (including phenoxy) is 3. The van der Waals surface area contributed by atoms with Gasteiger partial charge in [0, 0.05) is 63.5 Å². The van der Waals surface area contributed by atoms with Crippen LogP contribution < -0.4 is 35.8 Å². The SMILES string of the molecule is COc1cc(C(=O)NC2CCN(CCOCCOOCCOOCCOCCNc3ccc(C4CCC(=O)NC4=O)cc3)CC2)c(F)cc1Nc1ncc2c(n1)N(C1CCCC1)CC(F)(F)C(=O)N2C. The van der Waals surface area contributed by atoms with Crippen LogP contribution in [0.1, 0.15) is 73.2 Å². The Hall–Kier alpha value is -5.69. The highest BCUT2D eigenvalue weighted by Crippen LogP contribution is 2.40. The maximum Gasteiger partial charge on any atom is 0.342 e. The summed E-state index contributed by atoms with van der Waals surface area (Å²) >= 11 is 0. The Kier molecular flexibility index (Phi) is 18.9. The highest BCUT2D eigenvalue weighted by atomic mass is 19.3. The van der Waals surface area contributed by atoms with Crippen molar-refractivity contribution in [2.24, 2.45) is 0 Å². The second-order valence-electron chi connectivity index (χ2n) is 17.3. The van der Waals surface area contributed by atoms with E-state index in [2.05, 4.69) is 36.1 Å². The van der Waals surface area contributed by atoms with E-state index in [0.717, 1.165) is 35.1 Å². The van der Waals surface area contributed by atoms with Crippen LogP contribution in [-0.2, 0) is 43.4 Å². The highest BCUT2D eigenvalue weighted by molar-refractivity contribution is 6.02. The van der Waals surface area contributed by atoms with Crippen LogP contribution >= 0.6 is 0 Å². The molecule has 2 saturated heterocycles. The highest BCUT2D eigenvalue weighted by Gasteiger charge is 2.49. The monoisotopic (exact) mass is 985 g/mol. The molecular formula is C47H62F3N9O11. The molecule has 4 amide bonds. The van der Waals surface area contributed by atoms with Gasteiger partial charge in [-0.25, -0.2) is 28.9 Å². The number of rotatable bonds is 25. The largest absolute Gasteiger partial charge is 0.495 e. The Morgan fingerprint density at radius 3 is 2.21 bits per heavy atom. The van der Waals surface area contributed by atoms with E-state index in [1.807, 2.05) is 24.3 Å². The predicted octanol–water partition coefficient (Wildman–Crippen LogP) is 4.48. The Labute approximate surface area is 404 Å². The van der Waals surface area contributed by atoms with E-state index < -0.39 is 30.1 Å². The van der Waals surface area contributed by atoms with Gasteiger partial charge in [0.05, 0.1) is 63.4 Å². The summed E-state index contributed by atoms with van der Waals surface area (Å²) in [6.07, 6.45) is 6.57. The number of fused-ring (bicyclic) bond motifs is 1. The lowest BCUT2D eigenvalue weighted by Crippen LogP contribution is -2.48. The number of likely N-dealkylation sites (tertiary alicyclic amines) is 1. The van der Waals surface area contributed by atoms with Gasteiger partial charge in [-0.3, -0.25) is 24.5 Å². The molecule has 4 N–H and O–H groups in total. The molecule has 4 aliphatic rings. The number of carbonyl (C=O) groups is 4. The maximum absolute atomic E-state index is 15.6. The zero-order chi connectivity index (χ0) is 49.5. The number of piperidine rings is 2. The fourth-order valence-corrected chi connectivity index (χ4v) is 8.78. The number of hydrogen-bond donors (Lipinski definition) is 4.